The van der Waals surface area contributed by atoms with Gasteiger partial charge in [-0.3, -0.25) is 10.1 Å². The molecular formula is C29H50N2OS. The average Bonchev–Trinajstić information content (AvgIpc) is 3.34. The van der Waals surface area contributed by atoms with E-state index in [4.69, 9.17) is 0 Å². The van der Waals surface area contributed by atoms with Crippen molar-refractivity contribution in [2.75, 3.05) is 12.3 Å². The molecule has 1 heterocycles. The van der Waals surface area contributed by atoms with Crippen LogP contribution in [0.4, 0.5) is 0 Å². The van der Waals surface area contributed by atoms with Gasteiger partial charge >= 0.3 is 0 Å². The number of amides is 1. The fraction of sp³-hybridized carbons (Fsp3) is 0.759. The summed E-state index contributed by atoms with van der Waals surface area (Å²) in [6, 6.07) is 10.3. The summed E-state index contributed by atoms with van der Waals surface area (Å²) in [6.07, 6.45) is 23.5. The molecule has 33 heavy (non-hydrogen) atoms. The maximum Gasteiger partial charge on any atom is 0.238 e. The molecule has 0 bridgehead atoms. The lowest BCUT2D eigenvalue weighted by Crippen LogP contribution is -2.42. The number of carbonyl (C=O) groups is 1. The van der Waals surface area contributed by atoms with E-state index in [1.165, 1.54) is 108 Å². The fourth-order valence-electron chi connectivity index (χ4n) is 4.63. The summed E-state index contributed by atoms with van der Waals surface area (Å²) in [5, 5.41) is 6.84. The zero-order chi connectivity index (χ0) is 23.4. The van der Waals surface area contributed by atoms with Crippen molar-refractivity contribution in [2.45, 2.75) is 127 Å². The number of hydrogen-bond donors (Lipinski definition) is 2. The summed E-state index contributed by atoms with van der Waals surface area (Å²) < 4.78 is 0. The summed E-state index contributed by atoms with van der Waals surface area (Å²) in [5.41, 5.74) is 1.26. The van der Waals surface area contributed by atoms with Gasteiger partial charge < -0.3 is 5.32 Å². The topological polar surface area (TPSA) is 41.1 Å². The van der Waals surface area contributed by atoms with Crippen LogP contribution in [0, 0.1) is 0 Å². The average molecular weight is 475 g/mol. The highest BCUT2D eigenvalue weighted by molar-refractivity contribution is 7.99. The van der Waals surface area contributed by atoms with E-state index in [1.807, 2.05) is 17.8 Å². The zero-order valence-corrected chi connectivity index (χ0v) is 22.1. The van der Waals surface area contributed by atoms with Crippen LogP contribution in [0.25, 0.3) is 0 Å². The van der Waals surface area contributed by atoms with Crippen molar-refractivity contribution < 1.29 is 4.79 Å². The Kier molecular flexibility index (Phi) is 16.5. The molecule has 1 aromatic carbocycles. The molecule has 0 aromatic heterocycles. The normalized spacial score (nSPS) is 18.0. The molecule has 1 unspecified atom stereocenters. The molecule has 0 spiro atoms. The Hall–Kier alpha value is -1.00. The minimum atomic E-state index is -0.0639. The van der Waals surface area contributed by atoms with E-state index in [-0.39, 0.29) is 17.3 Å². The Balaban J connectivity index is 1.31. The predicted octanol–water partition coefficient (Wildman–Crippen LogP) is 8.16. The number of hydrogen-bond acceptors (Lipinski definition) is 3. The summed E-state index contributed by atoms with van der Waals surface area (Å²) in [6.45, 7) is 3.11. The predicted molar refractivity (Wildman–Crippen MR) is 146 cm³/mol. The second-order valence-electron chi connectivity index (χ2n) is 9.79. The molecule has 1 fully saturated rings. The summed E-state index contributed by atoms with van der Waals surface area (Å²) in [4.78, 5) is 12.4. The Morgan fingerprint density at radius 2 is 1.27 bits per heavy atom. The standard InChI is InChI=1S/C29H50N2OS/c1-2-3-4-5-6-7-8-9-10-11-12-13-14-15-16-17-21-24-30-28(32)27-25-33-29(31-27)26-22-19-18-20-23-26/h18-20,22-23,27,29,31H,2-17,21,24-25H2,1H3,(H,30,32)/t27?,29-/m1/s1. The SMILES string of the molecule is CCCCCCCCCCCCCCCCCCCNC(=O)C1CS[C@H](c2ccccc2)N1. The lowest BCUT2D eigenvalue weighted by molar-refractivity contribution is -0.122. The van der Waals surface area contributed by atoms with Crippen LogP contribution in [0.3, 0.4) is 0 Å². The van der Waals surface area contributed by atoms with E-state index in [0.29, 0.717) is 0 Å². The molecule has 3 nitrogen and oxygen atoms in total. The number of nitrogens with one attached hydrogen (secondary N) is 2. The molecule has 0 aliphatic carbocycles. The number of rotatable bonds is 20. The largest absolute Gasteiger partial charge is 0.355 e. The van der Waals surface area contributed by atoms with Crippen molar-refractivity contribution in [1.29, 1.82) is 0 Å². The van der Waals surface area contributed by atoms with Crippen molar-refractivity contribution in [3.63, 3.8) is 0 Å². The molecule has 1 amide bonds. The molecular weight excluding hydrogens is 424 g/mol. The van der Waals surface area contributed by atoms with Gasteiger partial charge in [-0.2, -0.15) is 0 Å². The maximum absolute atomic E-state index is 12.4. The van der Waals surface area contributed by atoms with E-state index in [9.17, 15) is 4.79 Å². The Morgan fingerprint density at radius 1 is 0.788 bits per heavy atom. The van der Waals surface area contributed by atoms with Gasteiger partial charge in [-0.1, -0.05) is 140 Å². The van der Waals surface area contributed by atoms with Crippen LogP contribution >= 0.6 is 11.8 Å². The van der Waals surface area contributed by atoms with Gasteiger partial charge in [0.1, 0.15) is 0 Å². The number of thioether (sulfide) groups is 1. The lowest BCUT2D eigenvalue weighted by atomic mass is 10.0. The van der Waals surface area contributed by atoms with Crippen molar-refractivity contribution in [1.82, 2.24) is 10.6 Å². The molecule has 2 N–H and O–H groups in total. The van der Waals surface area contributed by atoms with Crippen LogP contribution in [0.1, 0.15) is 127 Å². The first-order valence-corrected chi connectivity index (χ1v) is 15.1. The van der Waals surface area contributed by atoms with Gasteiger partial charge in [-0.05, 0) is 12.0 Å². The maximum atomic E-state index is 12.4. The van der Waals surface area contributed by atoms with Gasteiger partial charge in [0.05, 0.1) is 11.4 Å². The van der Waals surface area contributed by atoms with Crippen LogP contribution in [0.5, 0.6) is 0 Å². The molecule has 1 aliphatic heterocycles. The van der Waals surface area contributed by atoms with E-state index in [2.05, 4.69) is 41.8 Å². The molecule has 1 aliphatic rings. The van der Waals surface area contributed by atoms with E-state index < -0.39 is 0 Å². The minimum absolute atomic E-state index is 0.0639. The second kappa shape index (κ2) is 19.3. The highest BCUT2D eigenvalue weighted by atomic mass is 32.2. The van der Waals surface area contributed by atoms with Gasteiger partial charge in [0.15, 0.2) is 0 Å². The fourth-order valence-corrected chi connectivity index (χ4v) is 5.87. The van der Waals surface area contributed by atoms with Crippen molar-refractivity contribution >= 4 is 17.7 Å². The molecule has 0 radical (unpaired) electrons. The molecule has 1 saturated heterocycles. The molecule has 2 atom stereocenters. The molecule has 188 valence electrons. The van der Waals surface area contributed by atoms with Gasteiger partial charge in [0, 0.05) is 12.3 Å². The third kappa shape index (κ3) is 13.5. The smallest absolute Gasteiger partial charge is 0.238 e. The van der Waals surface area contributed by atoms with Gasteiger partial charge in [-0.25, -0.2) is 0 Å². The van der Waals surface area contributed by atoms with Crippen LogP contribution < -0.4 is 10.6 Å². The summed E-state index contributed by atoms with van der Waals surface area (Å²) in [5.74, 6) is 1.02. The van der Waals surface area contributed by atoms with E-state index >= 15 is 0 Å². The molecule has 2 rings (SSSR count). The first-order valence-electron chi connectivity index (χ1n) is 14.0. The van der Waals surface area contributed by atoms with Crippen molar-refractivity contribution in [3.05, 3.63) is 35.9 Å². The third-order valence-corrected chi connectivity index (χ3v) is 8.05. The van der Waals surface area contributed by atoms with Crippen LogP contribution in [0.15, 0.2) is 30.3 Å². The number of benzene rings is 1. The molecule has 1 aromatic rings. The minimum Gasteiger partial charge on any atom is -0.355 e. The van der Waals surface area contributed by atoms with Gasteiger partial charge in [0.25, 0.3) is 0 Å². The highest BCUT2D eigenvalue weighted by Gasteiger charge is 2.30. The zero-order valence-electron chi connectivity index (χ0n) is 21.3. The summed E-state index contributed by atoms with van der Waals surface area (Å²) in [7, 11) is 0. The lowest BCUT2D eigenvalue weighted by Gasteiger charge is -2.13. The van der Waals surface area contributed by atoms with Gasteiger partial charge in [-0.15, -0.1) is 11.8 Å². The molecule has 4 heteroatoms. The Bertz CT molecular complexity index is 595. The van der Waals surface area contributed by atoms with E-state index in [1.54, 1.807) is 0 Å². The third-order valence-electron chi connectivity index (χ3n) is 6.78. The monoisotopic (exact) mass is 474 g/mol. The van der Waals surface area contributed by atoms with Crippen molar-refractivity contribution in [2.24, 2.45) is 0 Å². The molecule has 0 saturated carbocycles. The van der Waals surface area contributed by atoms with E-state index in [0.717, 1.165) is 18.7 Å². The number of unbranched alkanes of at least 4 members (excludes halogenated alkanes) is 16. The second-order valence-corrected chi connectivity index (χ2v) is 10.9. The quantitative estimate of drug-likeness (QED) is 0.187. The van der Waals surface area contributed by atoms with Crippen LogP contribution in [0.2, 0.25) is 0 Å². The first kappa shape index (κ1) is 28.2. The first-order chi connectivity index (χ1) is 16.3. The Morgan fingerprint density at radius 3 is 1.79 bits per heavy atom. The van der Waals surface area contributed by atoms with Crippen LogP contribution in [-0.4, -0.2) is 24.2 Å². The Labute approximate surface area is 208 Å². The van der Waals surface area contributed by atoms with Crippen LogP contribution in [-0.2, 0) is 4.79 Å². The number of carbonyl (C=O) groups excluding carboxylic acids is 1. The summed E-state index contributed by atoms with van der Waals surface area (Å²) >= 11 is 1.83. The van der Waals surface area contributed by atoms with Crippen molar-refractivity contribution in [3.8, 4) is 0 Å². The van der Waals surface area contributed by atoms with Gasteiger partial charge in [0.2, 0.25) is 5.91 Å². The highest BCUT2D eigenvalue weighted by Crippen LogP contribution is 2.32.